The predicted molar refractivity (Wildman–Crippen MR) is 102 cm³/mol. The SMILES string of the molecule is C=CCn1c(CC2CCCCC2)nnc1SCc1ccccc1Cl. The molecule has 1 heterocycles. The van der Waals surface area contributed by atoms with Gasteiger partial charge in [0, 0.05) is 23.7 Å². The lowest BCUT2D eigenvalue weighted by molar-refractivity contribution is 0.347. The maximum absolute atomic E-state index is 6.25. The number of hydrogen-bond acceptors (Lipinski definition) is 3. The van der Waals surface area contributed by atoms with E-state index in [0.29, 0.717) is 0 Å². The van der Waals surface area contributed by atoms with E-state index in [4.69, 9.17) is 11.6 Å². The largest absolute Gasteiger partial charge is 0.302 e. The van der Waals surface area contributed by atoms with Crippen LogP contribution in [0.25, 0.3) is 0 Å². The highest BCUT2D eigenvalue weighted by Crippen LogP contribution is 2.29. The number of thioether (sulfide) groups is 1. The minimum atomic E-state index is 0.757. The molecule has 0 radical (unpaired) electrons. The average molecular weight is 362 g/mol. The fraction of sp³-hybridized carbons (Fsp3) is 0.474. The highest BCUT2D eigenvalue weighted by atomic mass is 35.5. The van der Waals surface area contributed by atoms with Crippen LogP contribution in [0.1, 0.15) is 43.5 Å². The van der Waals surface area contributed by atoms with Crippen molar-refractivity contribution in [3.05, 3.63) is 53.3 Å². The van der Waals surface area contributed by atoms with Crippen LogP contribution in [-0.2, 0) is 18.7 Å². The zero-order chi connectivity index (χ0) is 16.8. The summed E-state index contributed by atoms with van der Waals surface area (Å²) in [6.45, 7) is 4.65. The van der Waals surface area contributed by atoms with Crippen LogP contribution in [0.15, 0.2) is 42.1 Å². The Morgan fingerprint density at radius 2 is 2.00 bits per heavy atom. The monoisotopic (exact) mass is 361 g/mol. The summed E-state index contributed by atoms with van der Waals surface area (Å²) in [4.78, 5) is 0. The number of aromatic nitrogens is 3. The van der Waals surface area contributed by atoms with Crippen LogP contribution in [0.5, 0.6) is 0 Å². The van der Waals surface area contributed by atoms with E-state index in [0.717, 1.165) is 46.2 Å². The molecule has 1 aliphatic carbocycles. The third-order valence-electron chi connectivity index (χ3n) is 4.62. The minimum Gasteiger partial charge on any atom is -0.302 e. The molecule has 3 nitrogen and oxygen atoms in total. The summed E-state index contributed by atoms with van der Waals surface area (Å²) in [7, 11) is 0. The number of nitrogens with zero attached hydrogens (tertiary/aromatic N) is 3. The standard InChI is InChI=1S/C19H24ClN3S/c1-2-12-23-18(13-15-8-4-3-5-9-15)21-22-19(23)24-14-16-10-6-7-11-17(16)20/h2,6-7,10-11,15H,1,3-5,8-9,12-14H2. The lowest BCUT2D eigenvalue weighted by Crippen LogP contribution is -2.13. The Balaban J connectivity index is 1.70. The van der Waals surface area contributed by atoms with Gasteiger partial charge in [-0.25, -0.2) is 0 Å². The fourth-order valence-electron chi connectivity index (χ4n) is 3.30. The molecule has 3 rings (SSSR count). The maximum atomic E-state index is 6.25. The van der Waals surface area contributed by atoms with Gasteiger partial charge < -0.3 is 4.57 Å². The van der Waals surface area contributed by atoms with Crippen LogP contribution in [-0.4, -0.2) is 14.8 Å². The summed E-state index contributed by atoms with van der Waals surface area (Å²) in [6.07, 6.45) is 9.70. The van der Waals surface area contributed by atoms with Crippen molar-refractivity contribution in [2.45, 2.75) is 56.0 Å². The number of allylic oxidation sites excluding steroid dienone is 1. The molecule has 1 saturated carbocycles. The van der Waals surface area contributed by atoms with Crippen molar-refractivity contribution < 1.29 is 0 Å². The van der Waals surface area contributed by atoms with Crippen molar-refractivity contribution in [3.8, 4) is 0 Å². The summed E-state index contributed by atoms with van der Waals surface area (Å²) < 4.78 is 2.21. The van der Waals surface area contributed by atoms with Crippen molar-refractivity contribution in [2.75, 3.05) is 0 Å². The summed E-state index contributed by atoms with van der Waals surface area (Å²) in [5, 5.41) is 10.7. The van der Waals surface area contributed by atoms with Crippen LogP contribution >= 0.6 is 23.4 Å². The lowest BCUT2D eigenvalue weighted by Gasteiger charge is -2.21. The summed E-state index contributed by atoms with van der Waals surface area (Å²) in [6, 6.07) is 7.97. The van der Waals surface area contributed by atoms with E-state index in [-0.39, 0.29) is 0 Å². The van der Waals surface area contributed by atoms with Gasteiger partial charge in [0.1, 0.15) is 5.82 Å². The maximum Gasteiger partial charge on any atom is 0.191 e. The molecule has 0 saturated heterocycles. The first-order valence-electron chi connectivity index (χ1n) is 8.67. The van der Waals surface area contributed by atoms with Gasteiger partial charge in [-0.3, -0.25) is 0 Å². The Hall–Kier alpha value is -1.26. The molecule has 0 atom stereocenters. The molecule has 2 aromatic rings. The van der Waals surface area contributed by atoms with Gasteiger partial charge in [-0.05, 0) is 17.5 Å². The van der Waals surface area contributed by atoms with Crippen LogP contribution in [0.2, 0.25) is 5.02 Å². The molecule has 1 fully saturated rings. The van der Waals surface area contributed by atoms with E-state index in [9.17, 15) is 0 Å². The van der Waals surface area contributed by atoms with Gasteiger partial charge in [-0.2, -0.15) is 0 Å². The summed E-state index contributed by atoms with van der Waals surface area (Å²) >= 11 is 7.95. The third kappa shape index (κ3) is 4.42. The molecule has 0 bridgehead atoms. The molecular formula is C19H24ClN3S. The Morgan fingerprint density at radius 3 is 2.75 bits per heavy atom. The highest BCUT2D eigenvalue weighted by Gasteiger charge is 2.19. The van der Waals surface area contributed by atoms with Crippen LogP contribution in [0.4, 0.5) is 0 Å². The average Bonchev–Trinajstić information content (AvgIpc) is 2.97. The van der Waals surface area contributed by atoms with E-state index in [1.165, 1.54) is 32.1 Å². The van der Waals surface area contributed by atoms with Crippen LogP contribution in [0.3, 0.4) is 0 Å². The second kappa shape index (κ2) is 8.72. The Morgan fingerprint density at radius 1 is 1.21 bits per heavy atom. The van der Waals surface area contributed by atoms with E-state index in [1.54, 1.807) is 11.8 Å². The first-order chi connectivity index (χ1) is 11.8. The molecule has 0 spiro atoms. The quantitative estimate of drug-likeness (QED) is 0.479. The van der Waals surface area contributed by atoms with Gasteiger partial charge in [-0.1, -0.05) is 79.7 Å². The smallest absolute Gasteiger partial charge is 0.191 e. The Labute approximate surface area is 153 Å². The highest BCUT2D eigenvalue weighted by molar-refractivity contribution is 7.98. The molecule has 24 heavy (non-hydrogen) atoms. The van der Waals surface area contributed by atoms with Crippen LogP contribution in [0, 0.1) is 5.92 Å². The molecule has 1 aromatic carbocycles. The first kappa shape index (κ1) is 17.6. The molecule has 0 amide bonds. The predicted octanol–water partition coefficient (Wildman–Crippen LogP) is 5.53. The number of hydrogen-bond donors (Lipinski definition) is 0. The molecule has 0 N–H and O–H groups in total. The van der Waals surface area contributed by atoms with Crippen LogP contribution < -0.4 is 0 Å². The van der Waals surface area contributed by atoms with Crippen molar-refractivity contribution in [1.82, 2.24) is 14.8 Å². The normalized spacial score (nSPS) is 15.5. The van der Waals surface area contributed by atoms with Gasteiger partial charge in [0.05, 0.1) is 0 Å². The van der Waals surface area contributed by atoms with Gasteiger partial charge >= 0.3 is 0 Å². The van der Waals surface area contributed by atoms with Gasteiger partial charge in [-0.15, -0.1) is 16.8 Å². The van der Waals surface area contributed by atoms with Gasteiger partial charge in [0.15, 0.2) is 5.16 Å². The zero-order valence-corrected chi connectivity index (χ0v) is 15.5. The van der Waals surface area contributed by atoms with Crippen molar-refractivity contribution in [1.29, 1.82) is 0 Å². The van der Waals surface area contributed by atoms with E-state index in [2.05, 4.69) is 27.4 Å². The molecule has 1 aromatic heterocycles. The molecule has 5 heteroatoms. The third-order valence-corrected chi connectivity index (χ3v) is 6.00. The summed E-state index contributed by atoms with van der Waals surface area (Å²) in [5.41, 5.74) is 1.13. The van der Waals surface area contributed by atoms with Crippen molar-refractivity contribution in [3.63, 3.8) is 0 Å². The fourth-order valence-corrected chi connectivity index (χ4v) is 4.55. The topological polar surface area (TPSA) is 30.7 Å². The number of rotatable bonds is 7. The minimum absolute atomic E-state index is 0.757. The second-order valence-corrected chi connectivity index (χ2v) is 7.74. The number of benzene rings is 1. The molecular weight excluding hydrogens is 338 g/mol. The molecule has 0 unspecified atom stereocenters. The molecule has 128 valence electrons. The van der Waals surface area contributed by atoms with Gasteiger partial charge in [0.25, 0.3) is 0 Å². The zero-order valence-electron chi connectivity index (χ0n) is 14.0. The molecule has 1 aliphatic rings. The van der Waals surface area contributed by atoms with E-state index in [1.807, 2.05) is 24.3 Å². The van der Waals surface area contributed by atoms with E-state index >= 15 is 0 Å². The summed E-state index contributed by atoms with van der Waals surface area (Å²) in [5.74, 6) is 2.66. The number of halogens is 1. The lowest BCUT2D eigenvalue weighted by atomic mass is 9.87. The van der Waals surface area contributed by atoms with Crippen molar-refractivity contribution in [2.24, 2.45) is 5.92 Å². The molecule has 0 aliphatic heterocycles. The van der Waals surface area contributed by atoms with Crippen molar-refractivity contribution >= 4 is 23.4 Å². The van der Waals surface area contributed by atoms with E-state index < -0.39 is 0 Å². The first-order valence-corrected chi connectivity index (χ1v) is 10.0. The Kier molecular flexibility index (Phi) is 6.38. The Bertz CT molecular complexity index is 677. The van der Waals surface area contributed by atoms with Gasteiger partial charge in [0.2, 0.25) is 0 Å². The second-order valence-electron chi connectivity index (χ2n) is 6.39.